The maximum absolute atomic E-state index is 12.8. The van der Waals surface area contributed by atoms with Crippen LogP contribution in [0.25, 0.3) is 11.1 Å². The lowest BCUT2D eigenvalue weighted by molar-refractivity contribution is 0.0698. The second-order valence-electron chi connectivity index (χ2n) is 8.76. The van der Waals surface area contributed by atoms with Gasteiger partial charge in [-0.3, -0.25) is 9.59 Å². The van der Waals surface area contributed by atoms with Crippen LogP contribution < -0.4 is 5.32 Å². The molecule has 0 aromatic heterocycles. The third-order valence-electron chi connectivity index (χ3n) is 6.20. The predicted octanol–water partition coefficient (Wildman–Crippen LogP) is 5.51. The number of likely N-dealkylation sites (tertiary alicyclic amines) is 1. The molecule has 0 aliphatic carbocycles. The molecule has 0 unspecified atom stereocenters. The van der Waals surface area contributed by atoms with Gasteiger partial charge in [-0.1, -0.05) is 68.4 Å². The molecule has 0 bridgehead atoms. The van der Waals surface area contributed by atoms with Crippen molar-refractivity contribution in [1.82, 2.24) is 10.2 Å². The van der Waals surface area contributed by atoms with E-state index in [9.17, 15) is 9.59 Å². The van der Waals surface area contributed by atoms with Crippen LogP contribution in [0, 0.1) is 0 Å². The van der Waals surface area contributed by atoms with Crippen LogP contribution in [0.2, 0.25) is 0 Å². The fourth-order valence-corrected chi connectivity index (χ4v) is 4.13. The summed E-state index contributed by atoms with van der Waals surface area (Å²) in [6, 6.07) is 25.8. The van der Waals surface area contributed by atoms with Crippen LogP contribution >= 0.6 is 0 Å². The molecule has 0 atom stereocenters. The Kier molecular flexibility index (Phi) is 6.69. The van der Waals surface area contributed by atoms with Gasteiger partial charge in [0.1, 0.15) is 0 Å². The summed E-state index contributed by atoms with van der Waals surface area (Å²) in [5.41, 5.74) is 4.86. The second-order valence-corrected chi connectivity index (χ2v) is 8.76. The third kappa shape index (κ3) is 5.08. The van der Waals surface area contributed by atoms with Crippen LogP contribution in [0.4, 0.5) is 0 Å². The van der Waals surface area contributed by atoms with Crippen LogP contribution in [-0.2, 0) is 0 Å². The van der Waals surface area contributed by atoms with Gasteiger partial charge < -0.3 is 10.2 Å². The van der Waals surface area contributed by atoms with Crippen LogP contribution in [-0.4, -0.2) is 35.8 Å². The van der Waals surface area contributed by atoms with Crippen LogP contribution in [0.1, 0.15) is 58.9 Å². The molecule has 1 heterocycles. The molecule has 1 aliphatic rings. The fourth-order valence-electron chi connectivity index (χ4n) is 4.13. The van der Waals surface area contributed by atoms with E-state index in [4.69, 9.17) is 0 Å². The summed E-state index contributed by atoms with van der Waals surface area (Å²) in [7, 11) is 0. The summed E-state index contributed by atoms with van der Waals surface area (Å²) in [5, 5.41) is 3.14. The van der Waals surface area contributed by atoms with Crippen molar-refractivity contribution in [1.29, 1.82) is 0 Å². The van der Waals surface area contributed by atoms with Gasteiger partial charge in [-0.15, -0.1) is 0 Å². The standard InChI is InChI=1S/C28H30N2O2/c1-20(2)21-8-14-25(15-9-21)28(32)30-18-16-26(17-19-30)29-27(31)24-12-10-23(11-13-24)22-6-4-3-5-7-22/h3-15,20,26H,16-19H2,1-2H3,(H,29,31). The molecule has 164 valence electrons. The van der Waals surface area contributed by atoms with Gasteiger partial charge in [0.15, 0.2) is 0 Å². The molecule has 0 saturated carbocycles. The second kappa shape index (κ2) is 9.82. The van der Waals surface area contributed by atoms with E-state index in [1.807, 2.05) is 71.6 Å². The monoisotopic (exact) mass is 426 g/mol. The Morgan fingerprint density at radius 3 is 1.94 bits per heavy atom. The maximum atomic E-state index is 12.8. The van der Waals surface area contributed by atoms with E-state index >= 15 is 0 Å². The molecule has 0 spiro atoms. The van der Waals surface area contributed by atoms with E-state index in [2.05, 4.69) is 31.3 Å². The molecule has 4 rings (SSSR count). The van der Waals surface area contributed by atoms with Gasteiger partial charge >= 0.3 is 0 Å². The third-order valence-corrected chi connectivity index (χ3v) is 6.20. The van der Waals surface area contributed by atoms with Gasteiger partial charge in [0.25, 0.3) is 11.8 Å². The van der Waals surface area contributed by atoms with E-state index in [1.54, 1.807) is 0 Å². The molecular weight excluding hydrogens is 396 g/mol. The van der Waals surface area contributed by atoms with Crippen molar-refractivity contribution >= 4 is 11.8 Å². The summed E-state index contributed by atoms with van der Waals surface area (Å²) < 4.78 is 0. The highest BCUT2D eigenvalue weighted by Gasteiger charge is 2.25. The minimum absolute atomic E-state index is 0.0568. The SMILES string of the molecule is CC(C)c1ccc(C(=O)N2CCC(NC(=O)c3ccc(-c4ccccc4)cc3)CC2)cc1. The first-order valence-electron chi connectivity index (χ1n) is 11.4. The number of amides is 2. The van der Waals surface area contributed by atoms with Gasteiger partial charge in [-0.2, -0.15) is 0 Å². The first-order valence-corrected chi connectivity index (χ1v) is 11.4. The van der Waals surface area contributed by atoms with Crippen LogP contribution in [0.15, 0.2) is 78.9 Å². The van der Waals surface area contributed by atoms with Crippen molar-refractivity contribution in [3.63, 3.8) is 0 Å². The van der Waals surface area contributed by atoms with Crippen molar-refractivity contribution in [2.75, 3.05) is 13.1 Å². The molecular formula is C28H30N2O2. The van der Waals surface area contributed by atoms with Gasteiger partial charge in [-0.25, -0.2) is 0 Å². The van der Waals surface area contributed by atoms with Crippen molar-refractivity contribution in [2.45, 2.75) is 38.6 Å². The van der Waals surface area contributed by atoms with Gasteiger partial charge in [0, 0.05) is 30.3 Å². The highest BCUT2D eigenvalue weighted by molar-refractivity contribution is 5.95. The Bertz CT molecular complexity index is 1050. The van der Waals surface area contributed by atoms with Gasteiger partial charge in [-0.05, 0) is 59.7 Å². The van der Waals surface area contributed by atoms with Crippen molar-refractivity contribution in [2.24, 2.45) is 0 Å². The summed E-state index contributed by atoms with van der Waals surface area (Å²) in [5.74, 6) is 0.466. The molecule has 4 heteroatoms. The Morgan fingerprint density at radius 2 is 1.34 bits per heavy atom. The average Bonchev–Trinajstić information content (AvgIpc) is 2.85. The zero-order valence-electron chi connectivity index (χ0n) is 18.8. The Balaban J connectivity index is 1.30. The normalized spacial score (nSPS) is 14.4. The highest BCUT2D eigenvalue weighted by atomic mass is 16.2. The van der Waals surface area contributed by atoms with E-state index in [0.717, 1.165) is 29.5 Å². The number of rotatable bonds is 5. The molecule has 3 aromatic rings. The predicted molar refractivity (Wildman–Crippen MR) is 129 cm³/mol. The number of nitrogens with zero attached hydrogens (tertiary/aromatic N) is 1. The van der Waals surface area contributed by atoms with Crippen LogP contribution in [0.3, 0.4) is 0 Å². The molecule has 3 aromatic carbocycles. The fraction of sp³-hybridized carbons (Fsp3) is 0.286. The lowest BCUT2D eigenvalue weighted by atomic mass is 10.00. The van der Waals surface area contributed by atoms with E-state index in [1.165, 1.54) is 5.56 Å². The Hall–Kier alpha value is -3.40. The first kappa shape index (κ1) is 21.8. The van der Waals surface area contributed by atoms with Crippen LogP contribution in [0.5, 0.6) is 0 Å². The van der Waals surface area contributed by atoms with Gasteiger partial charge in [0.05, 0.1) is 0 Å². The van der Waals surface area contributed by atoms with E-state index in [-0.39, 0.29) is 17.9 Å². The number of hydrogen-bond donors (Lipinski definition) is 1. The average molecular weight is 427 g/mol. The summed E-state index contributed by atoms with van der Waals surface area (Å²) in [4.78, 5) is 27.4. The zero-order valence-corrected chi connectivity index (χ0v) is 18.8. The smallest absolute Gasteiger partial charge is 0.253 e. The molecule has 1 N–H and O–H groups in total. The number of carbonyl (C=O) groups excluding carboxylic acids is 2. The van der Waals surface area contributed by atoms with E-state index < -0.39 is 0 Å². The molecule has 1 saturated heterocycles. The number of piperidine rings is 1. The number of carbonyl (C=O) groups is 2. The molecule has 1 aliphatic heterocycles. The topological polar surface area (TPSA) is 49.4 Å². The lowest BCUT2D eigenvalue weighted by Crippen LogP contribution is -2.46. The molecule has 4 nitrogen and oxygen atoms in total. The quantitative estimate of drug-likeness (QED) is 0.585. The Labute approximate surface area is 190 Å². The first-order chi connectivity index (χ1) is 15.5. The summed E-state index contributed by atoms with van der Waals surface area (Å²) in [6.07, 6.45) is 1.54. The molecule has 0 radical (unpaired) electrons. The van der Waals surface area contributed by atoms with Crippen molar-refractivity contribution < 1.29 is 9.59 Å². The highest BCUT2D eigenvalue weighted by Crippen LogP contribution is 2.20. The van der Waals surface area contributed by atoms with E-state index in [0.29, 0.717) is 24.6 Å². The molecule has 2 amide bonds. The largest absolute Gasteiger partial charge is 0.349 e. The van der Waals surface area contributed by atoms with Crippen molar-refractivity contribution in [3.8, 4) is 11.1 Å². The lowest BCUT2D eigenvalue weighted by Gasteiger charge is -2.32. The van der Waals surface area contributed by atoms with Gasteiger partial charge in [0.2, 0.25) is 0 Å². The Morgan fingerprint density at radius 1 is 0.781 bits per heavy atom. The number of nitrogens with one attached hydrogen (secondary N) is 1. The molecule has 1 fully saturated rings. The zero-order chi connectivity index (χ0) is 22.5. The number of hydrogen-bond acceptors (Lipinski definition) is 2. The number of benzene rings is 3. The maximum Gasteiger partial charge on any atom is 0.253 e. The minimum atomic E-state index is -0.0568. The van der Waals surface area contributed by atoms with Crippen molar-refractivity contribution in [3.05, 3.63) is 95.6 Å². The minimum Gasteiger partial charge on any atom is -0.349 e. The summed E-state index contributed by atoms with van der Waals surface area (Å²) in [6.45, 7) is 5.60. The molecule has 32 heavy (non-hydrogen) atoms. The summed E-state index contributed by atoms with van der Waals surface area (Å²) >= 11 is 0.